The Morgan fingerprint density at radius 3 is 2.66 bits per heavy atom. The molecule has 0 radical (unpaired) electrons. The number of hydrogen-bond acceptors (Lipinski definition) is 4. The molecule has 4 N–H and O–H groups in total. The second-order valence-corrected chi connectivity index (χ2v) is 8.14. The van der Waals surface area contributed by atoms with Gasteiger partial charge in [-0.2, -0.15) is 0 Å². The van der Waals surface area contributed by atoms with Crippen molar-refractivity contribution >= 4 is 40.2 Å². The number of piperidine rings is 1. The standard InChI is InChI=1S/C23H23N5O4/c1-32-15-6-4-5-14(11-15)25-21(29)20-10-13-9-19(13)28(20)23(31)26-17-12-27(22(24)30)18-8-3-2-7-16(17)18/h2-8,11-13,19-20H,9-10H2,1H3,(H2,24,30)(H,25,29)(H,26,31)/t13?,19-,20+/m1/s1. The minimum atomic E-state index is -0.638. The van der Waals surface area contributed by atoms with Gasteiger partial charge in [-0.1, -0.05) is 24.3 Å². The maximum absolute atomic E-state index is 13.2. The van der Waals surface area contributed by atoms with Gasteiger partial charge < -0.3 is 26.0 Å². The van der Waals surface area contributed by atoms with Crippen LogP contribution in [0.25, 0.3) is 10.9 Å². The number of aromatic nitrogens is 1. The van der Waals surface area contributed by atoms with Crippen LogP contribution in [0.2, 0.25) is 0 Å². The van der Waals surface area contributed by atoms with Crippen molar-refractivity contribution in [1.82, 2.24) is 9.47 Å². The predicted molar refractivity (Wildman–Crippen MR) is 120 cm³/mol. The highest BCUT2D eigenvalue weighted by Gasteiger charge is 2.56. The first-order chi connectivity index (χ1) is 15.5. The summed E-state index contributed by atoms with van der Waals surface area (Å²) in [5, 5.41) is 6.47. The third-order valence-electron chi connectivity index (χ3n) is 6.17. The van der Waals surface area contributed by atoms with Gasteiger partial charge in [-0.05, 0) is 37.0 Å². The number of rotatable bonds is 4. The fourth-order valence-corrected chi connectivity index (χ4v) is 4.55. The quantitative estimate of drug-likeness (QED) is 0.585. The Balaban J connectivity index is 1.37. The Hall–Kier alpha value is -4.01. The van der Waals surface area contributed by atoms with Gasteiger partial charge in [-0.3, -0.25) is 9.36 Å². The summed E-state index contributed by atoms with van der Waals surface area (Å²) < 4.78 is 6.50. The second-order valence-electron chi connectivity index (χ2n) is 8.14. The Labute approximate surface area is 184 Å². The fourth-order valence-electron chi connectivity index (χ4n) is 4.55. The van der Waals surface area contributed by atoms with E-state index >= 15 is 0 Å². The number of anilines is 2. The van der Waals surface area contributed by atoms with E-state index in [0.717, 1.165) is 6.42 Å². The average molecular weight is 433 g/mol. The van der Waals surface area contributed by atoms with E-state index in [2.05, 4.69) is 10.6 Å². The summed E-state index contributed by atoms with van der Waals surface area (Å²) in [4.78, 5) is 39.7. The van der Waals surface area contributed by atoms with Crippen LogP contribution in [0.1, 0.15) is 12.8 Å². The highest BCUT2D eigenvalue weighted by molar-refractivity contribution is 6.06. The Bertz CT molecular complexity index is 1240. The SMILES string of the molecule is COc1cccc(NC(=O)[C@@H]2CC3C[C@H]3N2C(=O)Nc2cn(C(N)=O)c3ccccc23)c1. The molecule has 2 heterocycles. The number of benzene rings is 2. The second kappa shape index (κ2) is 7.60. The van der Waals surface area contributed by atoms with Crippen LogP contribution < -0.4 is 21.1 Å². The molecular formula is C23H23N5O4. The number of hydrogen-bond donors (Lipinski definition) is 3. The van der Waals surface area contributed by atoms with Crippen molar-refractivity contribution in [1.29, 1.82) is 0 Å². The van der Waals surface area contributed by atoms with Gasteiger partial charge >= 0.3 is 12.1 Å². The lowest BCUT2D eigenvalue weighted by molar-refractivity contribution is -0.120. The molecule has 1 aliphatic heterocycles. The number of primary amides is 1. The number of nitrogens with two attached hydrogens (primary N) is 1. The van der Waals surface area contributed by atoms with E-state index in [9.17, 15) is 14.4 Å². The van der Waals surface area contributed by atoms with Gasteiger partial charge in [0.15, 0.2) is 0 Å². The molecule has 3 aromatic rings. The van der Waals surface area contributed by atoms with Gasteiger partial charge in [0.05, 0.1) is 18.3 Å². The van der Waals surface area contributed by atoms with Gasteiger partial charge in [-0.25, -0.2) is 9.59 Å². The van der Waals surface area contributed by atoms with Crippen molar-refractivity contribution in [3.05, 3.63) is 54.7 Å². The van der Waals surface area contributed by atoms with E-state index in [0.29, 0.717) is 40.4 Å². The fraction of sp³-hybridized carbons (Fsp3) is 0.261. The molecule has 0 spiro atoms. The summed E-state index contributed by atoms with van der Waals surface area (Å²) in [7, 11) is 1.56. The molecule has 32 heavy (non-hydrogen) atoms. The van der Waals surface area contributed by atoms with E-state index in [1.165, 1.54) is 10.8 Å². The molecule has 164 valence electrons. The normalized spacial score (nSPS) is 21.2. The third-order valence-corrected chi connectivity index (χ3v) is 6.17. The van der Waals surface area contributed by atoms with Gasteiger partial charge in [0.1, 0.15) is 11.8 Å². The summed E-state index contributed by atoms with van der Waals surface area (Å²) in [6.45, 7) is 0. The zero-order chi connectivity index (χ0) is 22.4. The molecule has 0 bridgehead atoms. The molecule has 9 nitrogen and oxygen atoms in total. The Kier molecular flexibility index (Phi) is 4.73. The van der Waals surface area contributed by atoms with Crippen molar-refractivity contribution in [2.24, 2.45) is 11.7 Å². The van der Waals surface area contributed by atoms with Gasteiger partial charge in [0.2, 0.25) is 5.91 Å². The third kappa shape index (κ3) is 3.41. The Morgan fingerprint density at radius 2 is 1.88 bits per heavy atom. The van der Waals surface area contributed by atoms with Gasteiger partial charge in [0, 0.05) is 29.4 Å². The number of urea groups is 1. The van der Waals surface area contributed by atoms with Crippen LogP contribution in [0.15, 0.2) is 54.7 Å². The number of methoxy groups -OCH3 is 1. The number of carbonyl (C=O) groups is 3. The number of fused-ring (bicyclic) bond motifs is 2. The van der Waals surface area contributed by atoms with Crippen LogP contribution in [0, 0.1) is 5.92 Å². The first-order valence-corrected chi connectivity index (χ1v) is 10.4. The summed E-state index contributed by atoms with van der Waals surface area (Å²) in [5.41, 5.74) is 7.16. The van der Waals surface area contributed by atoms with Crippen LogP contribution in [0.5, 0.6) is 5.75 Å². The number of amides is 4. The number of carbonyl (C=O) groups excluding carboxylic acids is 3. The minimum Gasteiger partial charge on any atom is -0.497 e. The highest BCUT2D eigenvalue weighted by Crippen LogP contribution is 2.48. The van der Waals surface area contributed by atoms with Crippen LogP contribution in [0.3, 0.4) is 0 Å². The number of para-hydroxylation sites is 1. The maximum atomic E-state index is 13.2. The number of likely N-dealkylation sites (tertiary alicyclic amines) is 1. The van der Waals surface area contributed by atoms with Gasteiger partial charge in [-0.15, -0.1) is 0 Å². The molecule has 5 rings (SSSR count). The molecule has 1 aliphatic carbocycles. The lowest BCUT2D eigenvalue weighted by atomic mass is 10.1. The van der Waals surface area contributed by atoms with Crippen LogP contribution in [0.4, 0.5) is 21.0 Å². The largest absolute Gasteiger partial charge is 0.497 e. The lowest BCUT2D eigenvalue weighted by Crippen LogP contribution is -2.47. The molecular weight excluding hydrogens is 410 g/mol. The topological polar surface area (TPSA) is 119 Å². The maximum Gasteiger partial charge on any atom is 0.323 e. The van der Waals surface area contributed by atoms with E-state index in [4.69, 9.17) is 10.5 Å². The van der Waals surface area contributed by atoms with Crippen LogP contribution in [-0.2, 0) is 4.79 Å². The van der Waals surface area contributed by atoms with Crippen molar-refractivity contribution < 1.29 is 19.1 Å². The van der Waals surface area contributed by atoms with E-state index in [-0.39, 0.29) is 18.0 Å². The van der Waals surface area contributed by atoms with Crippen LogP contribution >= 0.6 is 0 Å². The van der Waals surface area contributed by atoms with E-state index in [1.54, 1.807) is 54.5 Å². The zero-order valence-electron chi connectivity index (χ0n) is 17.4. The predicted octanol–water partition coefficient (Wildman–Crippen LogP) is 3.21. The summed E-state index contributed by atoms with van der Waals surface area (Å²) in [6.07, 6.45) is 3.02. The smallest absolute Gasteiger partial charge is 0.323 e. The molecule has 9 heteroatoms. The monoisotopic (exact) mass is 433 g/mol. The summed E-state index contributed by atoms with van der Waals surface area (Å²) in [6, 6.07) is 12.7. The molecule has 2 aliphatic rings. The number of ether oxygens (including phenoxy) is 1. The van der Waals surface area contributed by atoms with Gasteiger partial charge in [0.25, 0.3) is 0 Å². The molecule has 2 fully saturated rings. The average Bonchev–Trinajstić information content (AvgIpc) is 3.29. The molecule has 1 saturated heterocycles. The van der Waals surface area contributed by atoms with Crippen molar-refractivity contribution in [2.75, 3.05) is 17.7 Å². The minimum absolute atomic E-state index is 0.0422. The van der Waals surface area contributed by atoms with E-state index in [1.807, 2.05) is 6.07 Å². The Morgan fingerprint density at radius 1 is 1.06 bits per heavy atom. The van der Waals surface area contributed by atoms with E-state index < -0.39 is 12.1 Å². The highest BCUT2D eigenvalue weighted by atomic mass is 16.5. The summed E-state index contributed by atoms with van der Waals surface area (Å²) >= 11 is 0. The molecule has 1 saturated carbocycles. The van der Waals surface area contributed by atoms with Crippen molar-refractivity contribution in [3.63, 3.8) is 0 Å². The first-order valence-electron chi connectivity index (χ1n) is 10.4. The molecule has 1 unspecified atom stereocenters. The summed E-state index contributed by atoms with van der Waals surface area (Å²) in [5.74, 6) is 0.728. The molecule has 2 aromatic carbocycles. The first kappa shape index (κ1) is 19.9. The van der Waals surface area contributed by atoms with Crippen molar-refractivity contribution in [3.8, 4) is 5.75 Å². The molecule has 3 atom stereocenters. The number of nitrogens with one attached hydrogen (secondary N) is 2. The molecule has 4 amide bonds. The van der Waals surface area contributed by atoms with Crippen LogP contribution in [-0.4, -0.2) is 46.6 Å². The zero-order valence-corrected chi connectivity index (χ0v) is 17.4. The number of nitrogens with zero attached hydrogens (tertiary/aromatic N) is 2. The van der Waals surface area contributed by atoms with Crippen molar-refractivity contribution in [2.45, 2.75) is 24.9 Å². The molecule has 1 aromatic heterocycles. The lowest BCUT2D eigenvalue weighted by Gasteiger charge is -2.27.